The second-order valence-electron chi connectivity index (χ2n) is 5.09. The molecule has 3 rings (SSSR count). The molecule has 3 aromatic rings. The smallest absolute Gasteiger partial charge is 0.238 e. The predicted octanol–water partition coefficient (Wildman–Crippen LogP) is 2.90. The second kappa shape index (κ2) is 5.44. The summed E-state index contributed by atoms with van der Waals surface area (Å²) in [4.78, 5) is 0.109. The van der Waals surface area contributed by atoms with Crippen LogP contribution in [0.2, 0.25) is 0 Å². The molecule has 4 nitrogen and oxygen atoms in total. The molecule has 0 amide bonds. The van der Waals surface area contributed by atoms with Gasteiger partial charge in [0.05, 0.1) is 16.3 Å². The van der Waals surface area contributed by atoms with Crippen molar-refractivity contribution in [3.63, 3.8) is 0 Å². The Hall–Kier alpha value is -2.37. The SMILES string of the molecule is Cc1cc(-c2ccc(S(N)(=O)=O)cc2)n(-c2[c]cccc2)c1. The zero-order chi connectivity index (χ0) is 15.7. The molecule has 0 aliphatic carbocycles. The van der Waals surface area contributed by atoms with Crippen molar-refractivity contribution in [2.45, 2.75) is 11.8 Å². The van der Waals surface area contributed by atoms with Crippen LogP contribution >= 0.6 is 0 Å². The fourth-order valence-electron chi connectivity index (χ4n) is 2.37. The number of primary sulfonamides is 1. The number of aromatic nitrogens is 1. The molecule has 1 radical (unpaired) electrons. The highest BCUT2D eigenvalue weighted by molar-refractivity contribution is 7.89. The molecule has 2 aromatic carbocycles. The van der Waals surface area contributed by atoms with E-state index in [2.05, 4.69) is 6.07 Å². The van der Waals surface area contributed by atoms with Crippen LogP contribution < -0.4 is 5.14 Å². The third-order valence-electron chi connectivity index (χ3n) is 3.39. The van der Waals surface area contributed by atoms with Gasteiger partial charge in [-0.05, 0) is 42.3 Å². The number of aryl methyl sites for hydroxylation is 1. The highest BCUT2D eigenvalue weighted by atomic mass is 32.2. The number of nitrogens with zero attached hydrogens (tertiary/aromatic N) is 1. The van der Waals surface area contributed by atoms with Crippen LogP contribution in [-0.2, 0) is 10.0 Å². The molecule has 22 heavy (non-hydrogen) atoms. The lowest BCUT2D eigenvalue weighted by atomic mass is 10.1. The first kappa shape index (κ1) is 14.6. The summed E-state index contributed by atoms with van der Waals surface area (Å²) < 4.78 is 24.7. The lowest BCUT2D eigenvalue weighted by molar-refractivity contribution is 0.598. The molecule has 1 heterocycles. The van der Waals surface area contributed by atoms with Crippen molar-refractivity contribution in [1.29, 1.82) is 0 Å². The van der Waals surface area contributed by atoms with E-state index < -0.39 is 10.0 Å². The van der Waals surface area contributed by atoms with Crippen molar-refractivity contribution in [2.24, 2.45) is 5.14 Å². The number of hydrogen-bond acceptors (Lipinski definition) is 2. The Balaban J connectivity index is 2.10. The van der Waals surface area contributed by atoms with Crippen LogP contribution in [0.5, 0.6) is 0 Å². The number of sulfonamides is 1. The second-order valence-corrected chi connectivity index (χ2v) is 6.65. The number of rotatable bonds is 3. The summed E-state index contributed by atoms with van der Waals surface area (Å²) in [5.41, 5.74) is 3.93. The van der Waals surface area contributed by atoms with Crippen molar-refractivity contribution in [3.05, 3.63) is 72.4 Å². The van der Waals surface area contributed by atoms with E-state index in [4.69, 9.17) is 5.14 Å². The van der Waals surface area contributed by atoms with Crippen molar-refractivity contribution in [3.8, 4) is 16.9 Å². The monoisotopic (exact) mass is 311 g/mol. The third kappa shape index (κ3) is 2.81. The maximum Gasteiger partial charge on any atom is 0.238 e. The third-order valence-corrected chi connectivity index (χ3v) is 4.32. The molecule has 0 fully saturated rings. The van der Waals surface area contributed by atoms with Gasteiger partial charge >= 0.3 is 0 Å². The summed E-state index contributed by atoms with van der Waals surface area (Å²) >= 11 is 0. The molecule has 2 N–H and O–H groups in total. The average molecular weight is 311 g/mol. The maximum atomic E-state index is 11.3. The van der Waals surface area contributed by atoms with Gasteiger partial charge in [-0.1, -0.05) is 30.3 Å². The van der Waals surface area contributed by atoms with Gasteiger partial charge in [-0.2, -0.15) is 0 Å². The van der Waals surface area contributed by atoms with Crippen LogP contribution in [-0.4, -0.2) is 13.0 Å². The maximum absolute atomic E-state index is 11.3. The Kier molecular flexibility index (Phi) is 3.60. The molecule has 0 unspecified atom stereocenters. The van der Waals surface area contributed by atoms with Crippen LogP contribution in [0, 0.1) is 13.0 Å². The number of nitrogens with two attached hydrogens (primary N) is 1. The van der Waals surface area contributed by atoms with E-state index >= 15 is 0 Å². The van der Waals surface area contributed by atoms with Gasteiger partial charge in [-0.15, -0.1) is 0 Å². The minimum atomic E-state index is -3.67. The van der Waals surface area contributed by atoms with Crippen LogP contribution in [0.15, 0.2) is 65.7 Å². The molecule has 0 saturated carbocycles. The Labute approximate surface area is 129 Å². The van der Waals surface area contributed by atoms with Gasteiger partial charge in [0.15, 0.2) is 0 Å². The fourth-order valence-corrected chi connectivity index (χ4v) is 2.88. The van der Waals surface area contributed by atoms with Gasteiger partial charge in [0, 0.05) is 12.3 Å². The summed E-state index contributed by atoms with van der Waals surface area (Å²) in [6.07, 6.45) is 2.02. The molecule has 0 aliphatic rings. The van der Waals surface area contributed by atoms with E-state index in [1.54, 1.807) is 12.1 Å². The van der Waals surface area contributed by atoms with E-state index in [1.165, 1.54) is 12.1 Å². The zero-order valence-electron chi connectivity index (χ0n) is 12.0. The molecular formula is C17H15N2O2S. The largest absolute Gasteiger partial charge is 0.316 e. The van der Waals surface area contributed by atoms with Gasteiger partial charge in [0.2, 0.25) is 10.0 Å². The lowest BCUT2D eigenvalue weighted by Gasteiger charge is -2.09. The summed E-state index contributed by atoms with van der Waals surface area (Å²) in [6.45, 7) is 2.02. The standard InChI is InChI=1S/C17H15N2O2S/c1-13-11-17(19(12-13)15-5-3-2-4-6-15)14-7-9-16(10-8-14)22(18,20)21/h2-5,7-12H,1H3,(H2,18,20,21). The molecule has 0 saturated heterocycles. The number of hydrogen-bond donors (Lipinski definition) is 1. The van der Waals surface area contributed by atoms with Gasteiger partial charge < -0.3 is 4.57 Å². The summed E-state index contributed by atoms with van der Waals surface area (Å²) in [7, 11) is -3.67. The van der Waals surface area contributed by atoms with E-state index in [9.17, 15) is 8.42 Å². The minimum absolute atomic E-state index is 0.109. The molecule has 0 atom stereocenters. The summed E-state index contributed by atoms with van der Waals surface area (Å²) in [6, 6.07) is 19.5. The topological polar surface area (TPSA) is 65.1 Å². The Morgan fingerprint density at radius 1 is 1.09 bits per heavy atom. The van der Waals surface area contributed by atoms with Crippen molar-refractivity contribution in [2.75, 3.05) is 0 Å². The normalized spacial score (nSPS) is 11.5. The van der Waals surface area contributed by atoms with E-state index in [0.29, 0.717) is 0 Å². The van der Waals surface area contributed by atoms with E-state index in [0.717, 1.165) is 22.5 Å². The van der Waals surface area contributed by atoms with Gasteiger partial charge in [0.25, 0.3) is 0 Å². The highest BCUT2D eigenvalue weighted by Crippen LogP contribution is 2.26. The highest BCUT2D eigenvalue weighted by Gasteiger charge is 2.11. The lowest BCUT2D eigenvalue weighted by Crippen LogP contribution is -2.11. The van der Waals surface area contributed by atoms with Crippen molar-refractivity contribution < 1.29 is 8.42 Å². The van der Waals surface area contributed by atoms with Gasteiger partial charge in [0.1, 0.15) is 0 Å². The predicted molar refractivity (Wildman–Crippen MR) is 86.2 cm³/mol. The Morgan fingerprint density at radius 3 is 2.41 bits per heavy atom. The van der Waals surface area contributed by atoms with Crippen LogP contribution in [0.25, 0.3) is 16.9 Å². The molecule has 0 aliphatic heterocycles. The molecule has 0 bridgehead atoms. The summed E-state index contributed by atoms with van der Waals surface area (Å²) in [5, 5.41) is 5.13. The van der Waals surface area contributed by atoms with Crippen LogP contribution in [0.1, 0.15) is 5.56 Å². The van der Waals surface area contributed by atoms with Crippen LogP contribution in [0.4, 0.5) is 0 Å². The van der Waals surface area contributed by atoms with E-state index in [1.807, 2.05) is 48.0 Å². The Bertz CT molecular complexity index is 896. The molecule has 5 heteroatoms. The summed E-state index contributed by atoms with van der Waals surface area (Å²) in [5.74, 6) is 0. The average Bonchev–Trinajstić information content (AvgIpc) is 2.89. The first-order valence-corrected chi connectivity index (χ1v) is 8.29. The number of benzene rings is 2. The molecule has 111 valence electrons. The zero-order valence-corrected chi connectivity index (χ0v) is 12.8. The van der Waals surface area contributed by atoms with Crippen LogP contribution in [0.3, 0.4) is 0 Å². The first-order chi connectivity index (χ1) is 10.4. The number of para-hydroxylation sites is 1. The minimum Gasteiger partial charge on any atom is -0.316 e. The van der Waals surface area contributed by atoms with Gasteiger partial charge in [-0.25, -0.2) is 13.6 Å². The fraction of sp³-hybridized carbons (Fsp3) is 0.0588. The quantitative estimate of drug-likeness (QED) is 0.808. The Morgan fingerprint density at radius 2 is 1.82 bits per heavy atom. The van der Waals surface area contributed by atoms with Gasteiger partial charge in [-0.3, -0.25) is 0 Å². The van der Waals surface area contributed by atoms with E-state index in [-0.39, 0.29) is 4.90 Å². The molecule has 1 aromatic heterocycles. The molecule has 0 spiro atoms. The first-order valence-electron chi connectivity index (χ1n) is 6.74. The van der Waals surface area contributed by atoms with Crippen molar-refractivity contribution in [1.82, 2.24) is 4.57 Å². The van der Waals surface area contributed by atoms with Crippen molar-refractivity contribution >= 4 is 10.0 Å². The molecular weight excluding hydrogens is 296 g/mol.